The van der Waals surface area contributed by atoms with E-state index in [1.807, 2.05) is 37.3 Å². The van der Waals surface area contributed by atoms with Gasteiger partial charge in [-0.1, -0.05) is 0 Å². The van der Waals surface area contributed by atoms with Gasteiger partial charge in [-0.3, -0.25) is 0 Å². The maximum absolute atomic E-state index is 13.1. The van der Waals surface area contributed by atoms with E-state index < -0.39 is 21.7 Å². The number of benzene rings is 2. The molecular weight excluding hydrogens is 537 g/mol. The van der Waals surface area contributed by atoms with Crippen LogP contribution >= 0.6 is 23.1 Å². The van der Waals surface area contributed by atoms with Crippen molar-refractivity contribution in [2.45, 2.75) is 23.7 Å². The fourth-order valence-corrected chi connectivity index (χ4v) is 7.30. The molecule has 1 N–H and O–H groups in total. The fourth-order valence-electron chi connectivity index (χ4n) is 2.93. The number of thioether (sulfide) groups is 1. The zero-order valence-corrected chi connectivity index (χ0v) is 22.3. The van der Waals surface area contributed by atoms with Crippen LogP contribution in [0.15, 0.2) is 58.9 Å². The van der Waals surface area contributed by atoms with E-state index in [1.165, 1.54) is 28.7 Å². The third-order valence-corrected chi connectivity index (χ3v) is 9.01. The SMILES string of the molecule is COC[C@H](C)Oc1cc(OCCc2ccccc2)cc(C(=O)[As]c2ncc(SCC(=O)O)s2)c1. The summed E-state index contributed by atoms with van der Waals surface area (Å²) in [7, 11) is 1.61. The predicted octanol–water partition coefficient (Wildman–Crippen LogP) is 3.52. The van der Waals surface area contributed by atoms with Gasteiger partial charge in [-0.15, -0.1) is 0 Å². The zero-order chi connectivity index (χ0) is 24.3. The Morgan fingerprint density at radius 2 is 1.94 bits per heavy atom. The molecule has 3 rings (SSSR count). The Morgan fingerprint density at radius 3 is 2.68 bits per heavy atom. The maximum atomic E-state index is 13.1. The van der Waals surface area contributed by atoms with Gasteiger partial charge in [-0.2, -0.15) is 0 Å². The van der Waals surface area contributed by atoms with Gasteiger partial charge < -0.3 is 0 Å². The third-order valence-electron chi connectivity index (χ3n) is 4.38. The summed E-state index contributed by atoms with van der Waals surface area (Å²) >= 11 is 1.69. The molecule has 3 aromatic rings. The number of hydrogen-bond acceptors (Lipinski definition) is 8. The van der Waals surface area contributed by atoms with E-state index in [-0.39, 0.29) is 16.4 Å². The van der Waals surface area contributed by atoms with E-state index in [9.17, 15) is 9.59 Å². The van der Waals surface area contributed by atoms with Gasteiger partial charge in [0.15, 0.2) is 0 Å². The van der Waals surface area contributed by atoms with Crippen LogP contribution in [0.1, 0.15) is 22.8 Å². The van der Waals surface area contributed by atoms with Crippen LogP contribution in [0.5, 0.6) is 11.5 Å². The average molecular weight is 563 g/mol. The number of rotatable bonds is 14. The topological polar surface area (TPSA) is 95.0 Å². The van der Waals surface area contributed by atoms with Gasteiger partial charge in [0.25, 0.3) is 0 Å². The standard InChI is InChI=1S/C24H25AsNO6S2/c1-16(14-30-2)32-20-11-18(10-19(12-20)31-9-8-17-6-4-3-5-7-17)23(29)25-24-26-13-22(34-24)33-15-21(27)28/h3-7,10-13,16H,8-9,14-15H2,1-2H3,(H,27,28)/t16-/m0/s1. The predicted molar refractivity (Wildman–Crippen MR) is 134 cm³/mol. The van der Waals surface area contributed by atoms with Crippen LogP contribution in [0, 0.1) is 0 Å². The van der Waals surface area contributed by atoms with Crippen LogP contribution < -0.4 is 13.3 Å². The van der Waals surface area contributed by atoms with Gasteiger partial charge in [-0.05, 0) is 0 Å². The van der Waals surface area contributed by atoms with Gasteiger partial charge in [0, 0.05) is 0 Å². The second-order valence-corrected chi connectivity index (χ2v) is 12.4. The molecule has 34 heavy (non-hydrogen) atoms. The number of hydrogen-bond donors (Lipinski definition) is 1. The molecule has 0 amide bonds. The average Bonchev–Trinajstić information content (AvgIpc) is 3.25. The molecule has 1 heterocycles. The zero-order valence-electron chi connectivity index (χ0n) is 18.8. The van der Waals surface area contributed by atoms with Crippen molar-refractivity contribution in [1.82, 2.24) is 4.98 Å². The number of methoxy groups -OCH3 is 1. The number of nitrogens with zero attached hydrogens (tertiary/aromatic N) is 1. The molecule has 0 unspecified atom stereocenters. The molecular formula is C24H25AsNO6S2. The van der Waals surface area contributed by atoms with Crippen molar-refractivity contribution in [3.05, 3.63) is 65.9 Å². The normalized spacial score (nSPS) is 12.1. The van der Waals surface area contributed by atoms with Gasteiger partial charge >= 0.3 is 214 Å². The number of thiazole rings is 1. The van der Waals surface area contributed by atoms with Gasteiger partial charge in [0.2, 0.25) is 0 Å². The van der Waals surface area contributed by atoms with Crippen LogP contribution in [0.25, 0.3) is 0 Å². The van der Waals surface area contributed by atoms with Gasteiger partial charge in [0.1, 0.15) is 0 Å². The van der Waals surface area contributed by atoms with Gasteiger partial charge in [-0.25, -0.2) is 0 Å². The number of carboxylic acids is 1. The van der Waals surface area contributed by atoms with Crippen molar-refractivity contribution in [3.8, 4) is 11.5 Å². The van der Waals surface area contributed by atoms with E-state index in [4.69, 9.17) is 19.3 Å². The first-order chi connectivity index (χ1) is 16.4. The molecule has 10 heteroatoms. The molecule has 0 saturated heterocycles. The molecule has 1 aromatic heterocycles. The van der Waals surface area contributed by atoms with Crippen molar-refractivity contribution in [2.75, 3.05) is 26.1 Å². The van der Waals surface area contributed by atoms with E-state index in [1.54, 1.807) is 31.5 Å². The Morgan fingerprint density at radius 1 is 1.18 bits per heavy atom. The molecule has 179 valence electrons. The van der Waals surface area contributed by atoms with Crippen LogP contribution in [0.4, 0.5) is 0 Å². The molecule has 0 saturated carbocycles. The van der Waals surface area contributed by atoms with E-state index >= 15 is 0 Å². The van der Waals surface area contributed by atoms with E-state index in [2.05, 4.69) is 4.98 Å². The molecule has 0 aliphatic rings. The quantitative estimate of drug-likeness (QED) is 0.236. The number of carbonyl (C=O) groups is 2. The first-order valence-corrected chi connectivity index (χ1v) is 14.1. The van der Waals surface area contributed by atoms with Crippen molar-refractivity contribution in [2.24, 2.45) is 0 Å². The van der Waals surface area contributed by atoms with Crippen molar-refractivity contribution in [1.29, 1.82) is 0 Å². The summed E-state index contributed by atoms with van der Waals surface area (Å²) in [6.07, 6.45) is 2.19. The summed E-state index contributed by atoms with van der Waals surface area (Å²) in [5.41, 5.74) is 1.68. The summed E-state index contributed by atoms with van der Waals surface area (Å²) in [5, 5.41) is 8.83. The van der Waals surface area contributed by atoms with Crippen LogP contribution in [-0.2, 0) is 16.0 Å². The Bertz CT molecular complexity index is 1090. The summed E-state index contributed by atoms with van der Waals surface area (Å²) in [6.45, 7) is 2.79. The second kappa shape index (κ2) is 13.5. The minimum atomic E-state index is -0.886. The number of ether oxygens (including phenoxy) is 3. The van der Waals surface area contributed by atoms with Crippen LogP contribution in [0.2, 0.25) is 0 Å². The molecule has 0 aliphatic carbocycles. The molecule has 2 aromatic carbocycles. The van der Waals surface area contributed by atoms with Crippen molar-refractivity contribution >= 4 is 53.2 Å². The first-order valence-electron chi connectivity index (χ1n) is 10.5. The molecule has 1 atom stereocenters. The van der Waals surface area contributed by atoms with Crippen LogP contribution in [-0.4, -0.2) is 68.6 Å². The Kier molecular flexibility index (Phi) is 10.5. The number of carboxylic acid groups (broad SMARTS) is 1. The monoisotopic (exact) mass is 562 g/mol. The molecule has 7 nitrogen and oxygen atoms in total. The molecule has 0 spiro atoms. The van der Waals surface area contributed by atoms with E-state index in [0.717, 1.165) is 14.4 Å². The second-order valence-electron chi connectivity index (χ2n) is 7.22. The van der Waals surface area contributed by atoms with Gasteiger partial charge in [0.05, 0.1) is 0 Å². The fraction of sp³-hybridized carbons (Fsp3) is 0.292. The first kappa shape index (κ1) is 26.3. The summed E-state index contributed by atoms with van der Waals surface area (Å²) in [4.78, 5) is 28.1. The summed E-state index contributed by atoms with van der Waals surface area (Å²) in [6, 6.07) is 15.3. The summed E-state index contributed by atoms with van der Waals surface area (Å²) in [5.74, 6) is 0.195. The summed E-state index contributed by atoms with van der Waals surface area (Å²) < 4.78 is 18.5. The molecule has 0 bridgehead atoms. The Labute approximate surface area is 213 Å². The minimum absolute atomic E-state index is 0.0295. The number of aliphatic carboxylic acids is 1. The molecule has 1 radical (unpaired) electrons. The number of carbonyl (C=O) groups excluding carboxylic acids is 1. The van der Waals surface area contributed by atoms with E-state index in [0.29, 0.717) is 30.3 Å². The molecule has 0 aliphatic heterocycles. The Balaban J connectivity index is 1.71. The number of aromatic nitrogens is 1. The van der Waals surface area contributed by atoms with Crippen LogP contribution in [0.3, 0.4) is 0 Å². The van der Waals surface area contributed by atoms with Crippen molar-refractivity contribution in [3.63, 3.8) is 0 Å². The Hall–Kier alpha value is -2.32. The third kappa shape index (κ3) is 8.80. The van der Waals surface area contributed by atoms with Crippen molar-refractivity contribution < 1.29 is 28.9 Å². The molecule has 0 fully saturated rings.